The van der Waals surface area contributed by atoms with E-state index >= 15 is 0 Å². The quantitative estimate of drug-likeness (QED) is 0.211. The van der Waals surface area contributed by atoms with Gasteiger partial charge in [-0.05, 0) is 75.4 Å². The highest BCUT2D eigenvalue weighted by atomic mass is 16.7. The van der Waals surface area contributed by atoms with E-state index in [1.54, 1.807) is 31.4 Å². The Hall–Kier alpha value is -3.54. The summed E-state index contributed by atoms with van der Waals surface area (Å²) in [6.45, 7) is 10.0. The van der Waals surface area contributed by atoms with Gasteiger partial charge in [-0.25, -0.2) is 4.79 Å². The molecule has 0 saturated carbocycles. The molecule has 0 fully saturated rings. The number of allylic oxidation sites excluding steroid dienone is 3. The molecule has 0 aromatic heterocycles. The number of carbonyl (C=O) groups is 2. The lowest BCUT2D eigenvalue weighted by Gasteiger charge is -2.43. The smallest absolute Gasteiger partial charge is 0.345 e. The number of cyclic esters (lactones) is 1. The minimum absolute atomic E-state index is 0.0322. The Balaban J connectivity index is 1.72. The minimum atomic E-state index is -1.59. The van der Waals surface area contributed by atoms with Crippen molar-refractivity contribution in [2.45, 2.75) is 77.4 Å². The van der Waals surface area contributed by atoms with Crippen molar-refractivity contribution in [2.75, 3.05) is 7.11 Å². The number of unbranched alkanes of at least 4 members (excludes halogenated alkanes) is 2. The van der Waals surface area contributed by atoms with Crippen LogP contribution in [-0.2, 0) is 21.7 Å². The maximum atomic E-state index is 13.9. The van der Waals surface area contributed by atoms with Crippen LogP contribution in [0.5, 0.6) is 17.2 Å². The van der Waals surface area contributed by atoms with Gasteiger partial charge in [-0.3, -0.25) is 4.79 Å². The lowest BCUT2D eigenvalue weighted by Crippen LogP contribution is -2.44. The lowest BCUT2D eigenvalue weighted by atomic mass is 9.73. The zero-order valence-corrected chi connectivity index (χ0v) is 22.7. The number of carbonyl (C=O) groups excluding carboxylic acids is 2. The molecule has 2 heterocycles. The second-order valence-corrected chi connectivity index (χ2v) is 10.7. The van der Waals surface area contributed by atoms with Crippen molar-refractivity contribution in [2.24, 2.45) is 5.92 Å². The SMILES string of the molecule is C=C1Oc2cc(CCCCC)c3c(c2C2C=C(C)CCC12)OC(CC(C)=O)(c1ccc(OC)cc1)OC3=O. The Morgan fingerprint density at radius 2 is 1.95 bits per heavy atom. The molecule has 3 unspecified atom stereocenters. The first-order valence-corrected chi connectivity index (χ1v) is 13.6. The van der Waals surface area contributed by atoms with Crippen molar-refractivity contribution in [3.8, 4) is 17.2 Å². The number of hydrogen-bond donors (Lipinski definition) is 0. The second-order valence-electron chi connectivity index (χ2n) is 10.7. The van der Waals surface area contributed by atoms with Crippen molar-refractivity contribution in [1.29, 1.82) is 0 Å². The highest BCUT2D eigenvalue weighted by molar-refractivity contribution is 5.97. The number of ether oxygens (including phenoxy) is 4. The summed E-state index contributed by atoms with van der Waals surface area (Å²) in [5, 5.41) is 0. The predicted octanol–water partition coefficient (Wildman–Crippen LogP) is 7.16. The average molecular weight is 517 g/mol. The fourth-order valence-electron chi connectivity index (χ4n) is 5.98. The van der Waals surface area contributed by atoms with Crippen LogP contribution >= 0.6 is 0 Å². The molecule has 1 aliphatic carbocycles. The van der Waals surface area contributed by atoms with Gasteiger partial charge in [0, 0.05) is 23.0 Å². The van der Waals surface area contributed by atoms with Gasteiger partial charge < -0.3 is 18.9 Å². The van der Waals surface area contributed by atoms with E-state index < -0.39 is 11.8 Å². The number of esters is 1. The summed E-state index contributed by atoms with van der Waals surface area (Å²) in [5.74, 6) is 0.383. The van der Waals surface area contributed by atoms with E-state index in [9.17, 15) is 9.59 Å². The number of ketones is 1. The van der Waals surface area contributed by atoms with Gasteiger partial charge >= 0.3 is 5.97 Å². The molecule has 3 atom stereocenters. The van der Waals surface area contributed by atoms with Crippen LogP contribution in [0, 0.1) is 5.92 Å². The van der Waals surface area contributed by atoms with Gasteiger partial charge in [0.05, 0.1) is 13.5 Å². The molecular formula is C32H36O6. The summed E-state index contributed by atoms with van der Waals surface area (Å²) in [4.78, 5) is 26.4. The molecular weight excluding hydrogens is 480 g/mol. The molecule has 200 valence electrons. The van der Waals surface area contributed by atoms with Crippen LogP contribution in [-0.4, -0.2) is 18.9 Å². The van der Waals surface area contributed by atoms with E-state index in [1.807, 2.05) is 6.07 Å². The van der Waals surface area contributed by atoms with E-state index in [0.29, 0.717) is 34.8 Å². The summed E-state index contributed by atoms with van der Waals surface area (Å²) in [6.07, 6.45) is 7.76. The summed E-state index contributed by atoms with van der Waals surface area (Å²) < 4.78 is 24.5. The van der Waals surface area contributed by atoms with Crippen molar-refractivity contribution >= 4 is 11.8 Å². The van der Waals surface area contributed by atoms with Crippen LogP contribution in [0.15, 0.2) is 54.3 Å². The molecule has 5 rings (SSSR count). The Morgan fingerprint density at radius 1 is 1.18 bits per heavy atom. The minimum Gasteiger partial charge on any atom is -0.497 e. The first-order valence-electron chi connectivity index (χ1n) is 13.6. The Kier molecular flexibility index (Phi) is 7.08. The maximum absolute atomic E-state index is 13.9. The zero-order chi connectivity index (χ0) is 27.0. The van der Waals surface area contributed by atoms with Gasteiger partial charge in [0.15, 0.2) is 0 Å². The third kappa shape index (κ3) is 4.61. The molecule has 2 aromatic carbocycles. The molecule has 0 amide bonds. The molecule has 6 nitrogen and oxygen atoms in total. The number of Topliss-reactive ketones (excluding diaryl/α,β-unsaturated/α-hetero) is 1. The molecule has 2 aromatic rings. The molecule has 0 bridgehead atoms. The molecule has 0 N–H and O–H groups in total. The molecule has 2 aliphatic heterocycles. The van der Waals surface area contributed by atoms with Gasteiger partial charge in [-0.1, -0.05) is 38.0 Å². The largest absolute Gasteiger partial charge is 0.497 e. The number of aryl methyl sites for hydroxylation is 1. The first-order chi connectivity index (χ1) is 18.3. The van der Waals surface area contributed by atoms with Crippen LogP contribution in [0.2, 0.25) is 0 Å². The lowest BCUT2D eigenvalue weighted by molar-refractivity contribution is -0.172. The molecule has 0 spiro atoms. The molecule has 38 heavy (non-hydrogen) atoms. The van der Waals surface area contributed by atoms with Gasteiger partial charge in [-0.2, -0.15) is 0 Å². The highest BCUT2D eigenvalue weighted by Gasteiger charge is 2.49. The Morgan fingerprint density at radius 3 is 2.63 bits per heavy atom. The van der Waals surface area contributed by atoms with Crippen LogP contribution in [0.1, 0.15) is 92.3 Å². The number of methoxy groups -OCH3 is 1. The van der Waals surface area contributed by atoms with E-state index in [-0.39, 0.29) is 24.0 Å². The van der Waals surface area contributed by atoms with E-state index in [4.69, 9.17) is 18.9 Å². The topological polar surface area (TPSA) is 71.1 Å². The molecule has 6 heteroatoms. The van der Waals surface area contributed by atoms with Gasteiger partial charge in [0.1, 0.15) is 34.4 Å². The molecule has 0 radical (unpaired) electrons. The molecule has 0 saturated heterocycles. The fraction of sp³-hybridized carbons (Fsp3) is 0.438. The van der Waals surface area contributed by atoms with E-state index in [0.717, 1.165) is 49.0 Å². The van der Waals surface area contributed by atoms with Crippen molar-refractivity contribution in [3.63, 3.8) is 0 Å². The number of benzene rings is 2. The highest BCUT2D eigenvalue weighted by Crippen LogP contribution is 2.55. The second kappa shape index (κ2) is 10.3. The van der Waals surface area contributed by atoms with Gasteiger partial charge in [0.2, 0.25) is 0 Å². The number of rotatable bonds is 8. The standard InChI is InChI=1S/C32H36O6/c1-6-7-8-9-22-17-27-29(26-16-19(2)10-15-25(26)21(4)36-27)30-28(22)31(34)38-32(37-30,18-20(3)33)23-11-13-24(35-5)14-12-23/h11-14,16-17,25-26H,4,6-10,15,18H2,1-3,5H3. The number of hydrogen-bond acceptors (Lipinski definition) is 6. The normalized spacial score (nSPS) is 23.6. The molecule has 3 aliphatic rings. The maximum Gasteiger partial charge on any atom is 0.345 e. The van der Waals surface area contributed by atoms with Crippen LogP contribution in [0.4, 0.5) is 0 Å². The van der Waals surface area contributed by atoms with E-state index in [2.05, 4.69) is 26.5 Å². The predicted molar refractivity (Wildman–Crippen MR) is 145 cm³/mol. The Bertz CT molecular complexity index is 1300. The average Bonchev–Trinajstić information content (AvgIpc) is 2.88. The van der Waals surface area contributed by atoms with E-state index in [1.165, 1.54) is 12.5 Å². The third-order valence-corrected chi connectivity index (χ3v) is 7.89. The number of fused-ring (bicyclic) bond motifs is 5. The first kappa shape index (κ1) is 26.1. The van der Waals surface area contributed by atoms with Crippen molar-refractivity contribution < 1.29 is 28.5 Å². The summed E-state index contributed by atoms with van der Waals surface area (Å²) in [5.41, 5.74) is 3.99. The summed E-state index contributed by atoms with van der Waals surface area (Å²) >= 11 is 0. The van der Waals surface area contributed by atoms with Crippen LogP contribution in [0.3, 0.4) is 0 Å². The Labute approximate surface area is 224 Å². The third-order valence-electron chi connectivity index (χ3n) is 7.89. The van der Waals surface area contributed by atoms with Gasteiger partial charge in [-0.15, -0.1) is 0 Å². The van der Waals surface area contributed by atoms with Crippen molar-refractivity contribution in [3.05, 3.63) is 76.6 Å². The summed E-state index contributed by atoms with van der Waals surface area (Å²) in [7, 11) is 1.59. The van der Waals surface area contributed by atoms with Gasteiger partial charge in [0.25, 0.3) is 5.79 Å². The monoisotopic (exact) mass is 516 g/mol. The zero-order valence-electron chi connectivity index (χ0n) is 22.7. The fourth-order valence-corrected chi connectivity index (χ4v) is 5.98. The van der Waals surface area contributed by atoms with Crippen LogP contribution in [0.25, 0.3) is 0 Å². The van der Waals surface area contributed by atoms with Crippen LogP contribution < -0.4 is 14.2 Å². The van der Waals surface area contributed by atoms with Crippen molar-refractivity contribution in [1.82, 2.24) is 0 Å². The summed E-state index contributed by atoms with van der Waals surface area (Å²) in [6, 6.07) is 9.08.